The summed E-state index contributed by atoms with van der Waals surface area (Å²) >= 11 is 0. The summed E-state index contributed by atoms with van der Waals surface area (Å²) in [6.45, 7) is 4.49. The SMILES string of the molecule is CN1CCCNC(=O)C12CCN(Cc1cccc3c1oc1ccccc13)CC2. The number of carbonyl (C=O) groups excluding carboxylic acids is 1. The number of benzene rings is 2. The average Bonchev–Trinajstić information content (AvgIpc) is 3.05. The van der Waals surface area contributed by atoms with E-state index >= 15 is 0 Å². The molecule has 0 radical (unpaired) electrons. The van der Waals surface area contributed by atoms with Gasteiger partial charge < -0.3 is 9.73 Å². The van der Waals surface area contributed by atoms with Gasteiger partial charge in [-0.15, -0.1) is 0 Å². The Morgan fingerprint density at radius 2 is 1.82 bits per heavy atom. The molecule has 5 heteroatoms. The van der Waals surface area contributed by atoms with Crippen molar-refractivity contribution in [2.45, 2.75) is 31.3 Å². The maximum absolute atomic E-state index is 12.8. The molecule has 0 atom stereocenters. The molecule has 0 unspecified atom stereocenters. The average molecular weight is 377 g/mol. The van der Waals surface area contributed by atoms with Crippen molar-refractivity contribution in [2.75, 3.05) is 33.2 Å². The Morgan fingerprint density at radius 1 is 1.04 bits per heavy atom. The molecule has 0 aliphatic carbocycles. The van der Waals surface area contributed by atoms with Gasteiger partial charge in [-0.2, -0.15) is 0 Å². The molecule has 5 nitrogen and oxygen atoms in total. The van der Waals surface area contributed by atoms with Crippen molar-refractivity contribution in [1.82, 2.24) is 15.1 Å². The smallest absolute Gasteiger partial charge is 0.240 e. The number of amides is 1. The molecule has 2 fully saturated rings. The highest BCUT2D eigenvalue weighted by Crippen LogP contribution is 2.33. The van der Waals surface area contributed by atoms with E-state index in [9.17, 15) is 4.79 Å². The summed E-state index contributed by atoms with van der Waals surface area (Å²) < 4.78 is 6.19. The number of likely N-dealkylation sites (tertiary alicyclic amines) is 1. The van der Waals surface area contributed by atoms with Crippen molar-refractivity contribution in [2.24, 2.45) is 0 Å². The first-order chi connectivity index (χ1) is 13.7. The van der Waals surface area contributed by atoms with Gasteiger partial charge >= 0.3 is 0 Å². The summed E-state index contributed by atoms with van der Waals surface area (Å²) in [5, 5.41) is 5.48. The summed E-state index contributed by atoms with van der Waals surface area (Å²) in [5.74, 6) is 0.214. The Labute approximate surface area is 165 Å². The number of carbonyl (C=O) groups is 1. The van der Waals surface area contributed by atoms with Crippen LogP contribution in [0.4, 0.5) is 0 Å². The van der Waals surface area contributed by atoms with Gasteiger partial charge in [0.05, 0.1) is 0 Å². The molecule has 3 heterocycles. The maximum Gasteiger partial charge on any atom is 0.240 e. The molecule has 2 saturated heterocycles. The van der Waals surface area contributed by atoms with Crippen molar-refractivity contribution in [3.05, 3.63) is 48.0 Å². The van der Waals surface area contributed by atoms with E-state index in [1.54, 1.807) is 0 Å². The topological polar surface area (TPSA) is 48.7 Å². The third kappa shape index (κ3) is 2.81. The Balaban J connectivity index is 1.38. The molecule has 2 aliphatic heterocycles. The minimum atomic E-state index is -0.335. The second kappa shape index (κ2) is 6.90. The van der Waals surface area contributed by atoms with Crippen molar-refractivity contribution in [3.8, 4) is 0 Å². The first kappa shape index (κ1) is 17.7. The highest BCUT2D eigenvalue weighted by atomic mass is 16.3. The minimum absolute atomic E-state index is 0.214. The van der Waals surface area contributed by atoms with Gasteiger partial charge in [-0.1, -0.05) is 36.4 Å². The van der Waals surface area contributed by atoms with Crippen molar-refractivity contribution in [1.29, 1.82) is 0 Å². The molecule has 146 valence electrons. The van der Waals surface area contributed by atoms with Crippen LogP contribution in [-0.4, -0.2) is 54.5 Å². The van der Waals surface area contributed by atoms with Crippen LogP contribution in [0.3, 0.4) is 0 Å². The van der Waals surface area contributed by atoms with Gasteiger partial charge in [-0.3, -0.25) is 14.6 Å². The fourth-order valence-corrected chi connectivity index (χ4v) is 4.93. The lowest BCUT2D eigenvalue weighted by atomic mass is 9.85. The van der Waals surface area contributed by atoms with E-state index in [2.05, 4.69) is 52.5 Å². The van der Waals surface area contributed by atoms with Gasteiger partial charge in [-0.25, -0.2) is 0 Å². The zero-order chi connectivity index (χ0) is 19.1. The molecule has 1 N–H and O–H groups in total. The van der Waals surface area contributed by atoms with E-state index in [1.807, 2.05) is 12.1 Å². The molecule has 2 aromatic carbocycles. The number of nitrogens with one attached hydrogen (secondary N) is 1. The van der Waals surface area contributed by atoms with Crippen LogP contribution in [0.15, 0.2) is 46.9 Å². The molecule has 1 spiro atoms. The summed E-state index contributed by atoms with van der Waals surface area (Å²) in [4.78, 5) is 17.5. The van der Waals surface area contributed by atoms with Gasteiger partial charge in [0.25, 0.3) is 0 Å². The molecular weight excluding hydrogens is 350 g/mol. The predicted octanol–water partition coefficient (Wildman–Crippen LogP) is 3.37. The second-order valence-electron chi connectivity index (χ2n) is 8.23. The third-order valence-corrected chi connectivity index (χ3v) is 6.67. The van der Waals surface area contributed by atoms with E-state index < -0.39 is 0 Å². The zero-order valence-electron chi connectivity index (χ0n) is 16.4. The zero-order valence-corrected chi connectivity index (χ0v) is 16.4. The fraction of sp³-hybridized carbons (Fsp3) is 0.435. The van der Waals surface area contributed by atoms with Gasteiger partial charge in [0.15, 0.2) is 0 Å². The maximum atomic E-state index is 12.8. The van der Waals surface area contributed by atoms with E-state index in [0.717, 1.165) is 63.2 Å². The molecule has 0 saturated carbocycles. The molecule has 1 amide bonds. The Hall–Kier alpha value is -2.37. The van der Waals surface area contributed by atoms with Gasteiger partial charge in [0.1, 0.15) is 16.7 Å². The Kier molecular flexibility index (Phi) is 4.37. The van der Waals surface area contributed by atoms with Crippen LogP contribution >= 0.6 is 0 Å². The summed E-state index contributed by atoms with van der Waals surface area (Å²) in [7, 11) is 2.11. The van der Waals surface area contributed by atoms with E-state index in [4.69, 9.17) is 4.42 Å². The molecular formula is C23H27N3O2. The van der Waals surface area contributed by atoms with E-state index in [1.165, 1.54) is 16.3 Å². The Morgan fingerprint density at radius 3 is 2.68 bits per heavy atom. The lowest BCUT2D eigenvalue weighted by Gasteiger charge is -2.45. The summed E-state index contributed by atoms with van der Waals surface area (Å²) in [6, 6.07) is 14.7. The number of hydrogen-bond donors (Lipinski definition) is 1. The standard InChI is InChI=1S/C23H27N3O2/c1-25-13-5-12-24-22(27)23(25)10-14-26(15-11-23)16-17-6-4-8-19-18-7-2-3-9-20(18)28-21(17)19/h2-4,6-9H,5,10-16H2,1H3,(H,24,27). The number of piperidine rings is 1. The molecule has 1 aromatic heterocycles. The lowest BCUT2D eigenvalue weighted by molar-refractivity contribution is -0.134. The van der Waals surface area contributed by atoms with Crippen molar-refractivity contribution >= 4 is 27.8 Å². The third-order valence-electron chi connectivity index (χ3n) is 6.67. The molecule has 5 rings (SSSR count). The highest BCUT2D eigenvalue weighted by Gasteiger charge is 2.45. The number of likely N-dealkylation sites (N-methyl/N-ethyl adjacent to an activating group) is 1. The molecule has 3 aromatic rings. The minimum Gasteiger partial charge on any atom is -0.456 e. The molecule has 2 aliphatic rings. The van der Waals surface area contributed by atoms with Crippen molar-refractivity contribution in [3.63, 3.8) is 0 Å². The molecule has 28 heavy (non-hydrogen) atoms. The number of nitrogens with zero attached hydrogens (tertiary/aromatic N) is 2. The Bertz CT molecular complexity index is 1020. The first-order valence-corrected chi connectivity index (χ1v) is 10.3. The van der Waals surface area contributed by atoms with Crippen LogP contribution in [0.2, 0.25) is 0 Å². The van der Waals surface area contributed by atoms with E-state index in [0.29, 0.717) is 0 Å². The van der Waals surface area contributed by atoms with Gasteiger partial charge in [0, 0.05) is 49.1 Å². The van der Waals surface area contributed by atoms with Gasteiger partial charge in [0.2, 0.25) is 5.91 Å². The number of hydrogen-bond acceptors (Lipinski definition) is 4. The summed E-state index contributed by atoms with van der Waals surface area (Å²) in [6.07, 6.45) is 2.79. The lowest BCUT2D eigenvalue weighted by Crippen LogP contribution is -2.60. The van der Waals surface area contributed by atoms with Gasteiger partial charge in [-0.05, 0) is 32.4 Å². The first-order valence-electron chi connectivity index (χ1n) is 10.3. The second-order valence-corrected chi connectivity index (χ2v) is 8.23. The van der Waals surface area contributed by atoms with Crippen LogP contribution < -0.4 is 5.32 Å². The van der Waals surface area contributed by atoms with Crippen LogP contribution in [-0.2, 0) is 11.3 Å². The largest absolute Gasteiger partial charge is 0.456 e. The summed E-state index contributed by atoms with van der Waals surface area (Å²) in [5.41, 5.74) is 2.83. The predicted molar refractivity (Wildman–Crippen MR) is 111 cm³/mol. The van der Waals surface area contributed by atoms with E-state index in [-0.39, 0.29) is 11.4 Å². The monoisotopic (exact) mass is 377 g/mol. The van der Waals surface area contributed by atoms with Crippen molar-refractivity contribution < 1.29 is 9.21 Å². The fourth-order valence-electron chi connectivity index (χ4n) is 4.93. The van der Waals surface area contributed by atoms with Crippen LogP contribution in [0.5, 0.6) is 0 Å². The number of fused-ring (bicyclic) bond motifs is 3. The van der Waals surface area contributed by atoms with Crippen LogP contribution in [0.25, 0.3) is 21.9 Å². The quantitative estimate of drug-likeness (QED) is 0.744. The number of furan rings is 1. The van der Waals surface area contributed by atoms with Crippen LogP contribution in [0.1, 0.15) is 24.8 Å². The number of rotatable bonds is 2. The highest BCUT2D eigenvalue weighted by molar-refractivity contribution is 6.05. The molecule has 0 bridgehead atoms. The number of para-hydroxylation sites is 2. The normalized spacial score (nSPS) is 21.2. The van der Waals surface area contributed by atoms with Crippen LogP contribution in [0, 0.1) is 0 Å².